The molecule has 2 nitrogen and oxygen atoms in total. The van der Waals surface area contributed by atoms with Crippen LogP contribution >= 0.6 is 11.6 Å². The van der Waals surface area contributed by atoms with Crippen LogP contribution in [0, 0.1) is 5.92 Å². The van der Waals surface area contributed by atoms with Gasteiger partial charge >= 0.3 is 0 Å². The molecule has 0 aromatic heterocycles. The highest BCUT2D eigenvalue weighted by atomic mass is 35.5. The van der Waals surface area contributed by atoms with Gasteiger partial charge in [-0.2, -0.15) is 0 Å². The molecule has 0 N–H and O–H groups in total. The summed E-state index contributed by atoms with van der Waals surface area (Å²) >= 11 is 5.97. The standard InChI is InChI=1S/C19H24ClNO/c1-15(2)12-13-21(14-16-4-6-17(20)7-5-16)18-8-10-19(22-3)11-9-18/h4-11,15H,12-14H2,1-3H3. The van der Waals surface area contributed by atoms with E-state index in [9.17, 15) is 0 Å². The lowest BCUT2D eigenvalue weighted by Gasteiger charge is -2.26. The predicted molar refractivity (Wildman–Crippen MR) is 95.0 cm³/mol. The second-order valence-electron chi connectivity index (χ2n) is 5.93. The van der Waals surface area contributed by atoms with Gasteiger partial charge in [0.1, 0.15) is 5.75 Å². The first-order chi connectivity index (χ1) is 10.6. The zero-order chi connectivity index (χ0) is 15.9. The highest BCUT2D eigenvalue weighted by molar-refractivity contribution is 6.30. The van der Waals surface area contributed by atoms with Crippen LogP contribution in [0.1, 0.15) is 25.8 Å². The fraction of sp³-hybridized carbons (Fsp3) is 0.368. The maximum absolute atomic E-state index is 5.97. The smallest absolute Gasteiger partial charge is 0.119 e. The van der Waals surface area contributed by atoms with Crippen LogP contribution in [-0.4, -0.2) is 13.7 Å². The molecule has 0 saturated heterocycles. The molecule has 0 bridgehead atoms. The molecule has 0 aliphatic heterocycles. The number of hydrogen-bond acceptors (Lipinski definition) is 2. The van der Waals surface area contributed by atoms with E-state index < -0.39 is 0 Å². The molecule has 118 valence electrons. The predicted octanol–water partition coefficient (Wildman–Crippen LogP) is 5.40. The van der Waals surface area contributed by atoms with E-state index in [1.807, 2.05) is 24.3 Å². The third-order valence-electron chi connectivity index (χ3n) is 3.70. The van der Waals surface area contributed by atoms with Gasteiger partial charge in [-0.1, -0.05) is 37.6 Å². The van der Waals surface area contributed by atoms with Crippen molar-refractivity contribution in [2.75, 3.05) is 18.6 Å². The molecule has 3 heteroatoms. The van der Waals surface area contributed by atoms with Crippen LogP contribution in [0.2, 0.25) is 5.02 Å². The van der Waals surface area contributed by atoms with E-state index in [0.29, 0.717) is 5.92 Å². The second-order valence-corrected chi connectivity index (χ2v) is 6.37. The van der Waals surface area contributed by atoms with E-state index in [4.69, 9.17) is 16.3 Å². The average Bonchev–Trinajstić information content (AvgIpc) is 2.53. The molecule has 0 unspecified atom stereocenters. The van der Waals surface area contributed by atoms with Crippen molar-refractivity contribution in [2.45, 2.75) is 26.8 Å². The van der Waals surface area contributed by atoms with Crippen molar-refractivity contribution < 1.29 is 4.74 Å². The first-order valence-corrected chi connectivity index (χ1v) is 8.09. The third-order valence-corrected chi connectivity index (χ3v) is 3.95. The van der Waals surface area contributed by atoms with Crippen LogP contribution in [0.5, 0.6) is 5.75 Å². The number of benzene rings is 2. The van der Waals surface area contributed by atoms with Gasteiger partial charge in [0.2, 0.25) is 0 Å². The van der Waals surface area contributed by atoms with Crippen molar-refractivity contribution in [3.05, 3.63) is 59.1 Å². The van der Waals surface area contributed by atoms with Crippen molar-refractivity contribution in [2.24, 2.45) is 5.92 Å². The topological polar surface area (TPSA) is 12.5 Å². The Labute approximate surface area is 138 Å². The summed E-state index contributed by atoms with van der Waals surface area (Å²) in [6.45, 7) is 6.44. The zero-order valence-electron chi connectivity index (χ0n) is 13.6. The molecular weight excluding hydrogens is 294 g/mol. The number of ether oxygens (including phenoxy) is 1. The van der Waals surface area contributed by atoms with Gasteiger partial charge in [-0.25, -0.2) is 0 Å². The van der Waals surface area contributed by atoms with E-state index in [0.717, 1.165) is 23.9 Å². The maximum Gasteiger partial charge on any atom is 0.119 e. The Balaban J connectivity index is 2.15. The average molecular weight is 318 g/mol. The summed E-state index contributed by atoms with van der Waals surface area (Å²) in [5.74, 6) is 1.57. The van der Waals surface area contributed by atoms with Gasteiger partial charge in [0.05, 0.1) is 7.11 Å². The monoisotopic (exact) mass is 317 g/mol. The molecule has 2 rings (SSSR count). The van der Waals surface area contributed by atoms with Gasteiger partial charge in [-0.3, -0.25) is 0 Å². The number of methoxy groups -OCH3 is 1. The number of nitrogens with zero attached hydrogens (tertiary/aromatic N) is 1. The lowest BCUT2D eigenvalue weighted by molar-refractivity contribution is 0.415. The fourth-order valence-corrected chi connectivity index (χ4v) is 2.44. The molecule has 2 aromatic carbocycles. The summed E-state index contributed by atoms with van der Waals surface area (Å²) in [5.41, 5.74) is 2.49. The van der Waals surface area contributed by atoms with Gasteiger partial charge in [0, 0.05) is 23.8 Å². The first-order valence-electron chi connectivity index (χ1n) is 7.72. The Kier molecular flexibility index (Phi) is 6.14. The Morgan fingerprint density at radius 3 is 2.18 bits per heavy atom. The highest BCUT2D eigenvalue weighted by Crippen LogP contribution is 2.22. The lowest BCUT2D eigenvalue weighted by atomic mass is 10.1. The molecule has 0 amide bonds. The molecule has 22 heavy (non-hydrogen) atoms. The van der Waals surface area contributed by atoms with Crippen LogP contribution in [0.4, 0.5) is 5.69 Å². The summed E-state index contributed by atoms with van der Waals surface area (Å²) < 4.78 is 5.25. The molecular formula is C19H24ClNO. The fourth-order valence-electron chi connectivity index (χ4n) is 2.32. The number of anilines is 1. The Hall–Kier alpha value is -1.67. The van der Waals surface area contributed by atoms with Crippen molar-refractivity contribution >= 4 is 17.3 Å². The van der Waals surface area contributed by atoms with Gasteiger partial charge in [-0.15, -0.1) is 0 Å². The molecule has 0 heterocycles. The molecule has 0 aliphatic rings. The van der Waals surface area contributed by atoms with Crippen LogP contribution in [0.15, 0.2) is 48.5 Å². The van der Waals surface area contributed by atoms with E-state index in [-0.39, 0.29) is 0 Å². The SMILES string of the molecule is COc1ccc(N(CCC(C)C)Cc2ccc(Cl)cc2)cc1. The van der Waals surface area contributed by atoms with E-state index >= 15 is 0 Å². The Morgan fingerprint density at radius 1 is 1.00 bits per heavy atom. The molecule has 0 radical (unpaired) electrons. The van der Waals surface area contributed by atoms with E-state index in [1.54, 1.807) is 7.11 Å². The molecule has 0 fully saturated rings. The highest BCUT2D eigenvalue weighted by Gasteiger charge is 2.09. The number of hydrogen-bond donors (Lipinski definition) is 0. The lowest BCUT2D eigenvalue weighted by Crippen LogP contribution is -2.24. The van der Waals surface area contributed by atoms with Crippen LogP contribution in [-0.2, 0) is 6.54 Å². The molecule has 0 atom stereocenters. The molecule has 0 spiro atoms. The summed E-state index contributed by atoms with van der Waals surface area (Å²) in [6.07, 6.45) is 1.17. The largest absolute Gasteiger partial charge is 0.497 e. The van der Waals surface area contributed by atoms with Crippen molar-refractivity contribution in [1.82, 2.24) is 0 Å². The van der Waals surface area contributed by atoms with Crippen molar-refractivity contribution in [1.29, 1.82) is 0 Å². The van der Waals surface area contributed by atoms with E-state index in [1.165, 1.54) is 17.7 Å². The van der Waals surface area contributed by atoms with E-state index in [2.05, 4.69) is 43.0 Å². The first kappa shape index (κ1) is 16.7. The van der Waals surface area contributed by atoms with Crippen LogP contribution in [0.3, 0.4) is 0 Å². The summed E-state index contributed by atoms with van der Waals surface area (Å²) in [5, 5.41) is 0.780. The summed E-state index contributed by atoms with van der Waals surface area (Å²) in [7, 11) is 1.69. The number of rotatable bonds is 7. The van der Waals surface area contributed by atoms with Gasteiger partial charge in [0.25, 0.3) is 0 Å². The van der Waals surface area contributed by atoms with Gasteiger partial charge < -0.3 is 9.64 Å². The maximum atomic E-state index is 5.97. The number of halogens is 1. The van der Waals surface area contributed by atoms with Gasteiger partial charge in [-0.05, 0) is 54.3 Å². The minimum Gasteiger partial charge on any atom is -0.497 e. The normalized spacial score (nSPS) is 10.8. The van der Waals surface area contributed by atoms with Gasteiger partial charge in [0.15, 0.2) is 0 Å². The minimum absolute atomic E-state index is 0.686. The van der Waals surface area contributed by atoms with Crippen molar-refractivity contribution in [3.8, 4) is 5.75 Å². The molecule has 0 aliphatic carbocycles. The molecule has 2 aromatic rings. The zero-order valence-corrected chi connectivity index (χ0v) is 14.3. The Bertz CT molecular complexity index is 563. The van der Waals surface area contributed by atoms with Crippen LogP contribution in [0.25, 0.3) is 0 Å². The minimum atomic E-state index is 0.686. The third kappa shape index (κ3) is 4.96. The molecule has 0 saturated carbocycles. The second kappa shape index (κ2) is 8.09. The summed E-state index contributed by atoms with van der Waals surface area (Å²) in [4.78, 5) is 2.41. The quantitative estimate of drug-likeness (QED) is 0.677. The van der Waals surface area contributed by atoms with Crippen molar-refractivity contribution in [3.63, 3.8) is 0 Å². The Morgan fingerprint density at radius 2 is 1.64 bits per heavy atom. The van der Waals surface area contributed by atoms with Crippen LogP contribution < -0.4 is 9.64 Å². The summed E-state index contributed by atoms with van der Waals surface area (Å²) in [6, 6.07) is 16.4.